The van der Waals surface area contributed by atoms with Crippen LogP contribution in [0.25, 0.3) is 0 Å². The molecule has 0 aromatic heterocycles. The van der Waals surface area contributed by atoms with Crippen LogP contribution in [0.15, 0.2) is 9.66 Å². The van der Waals surface area contributed by atoms with Crippen molar-refractivity contribution in [2.45, 2.75) is 6.42 Å². The summed E-state index contributed by atoms with van der Waals surface area (Å²) in [6, 6.07) is 0. The van der Waals surface area contributed by atoms with Crippen molar-refractivity contribution >= 4 is 0 Å². The van der Waals surface area contributed by atoms with Crippen LogP contribution in [0.5, 0.6) is 0 Å². The summed E-state index contributed by atoms with van der Waals surface area (Å²) < 4.78 is 33.9. The van der Waals surface area contributed by atoms with E-state index in [2.05, 4.69) is 0 Å². The molecule has 1 aliphatic carbocycles. The van der Waals surface area contributed by atoms with Gasteiger partial charge < -0.3 is 0 Å². The summed E-state index contributed by atoms with van der Waals surface area (Å²) in [5.74, 6) is 0. The third-order valence-corrected chi connectivity index (χ3v) is 3.09. The normalized spacial score (nSPS) is 21.3. The van der Waals surface area contributed by atoms with Gasteiger partial charge in [-0.2, -0.15) is 0 Å². The van der Waals surface area contributed by atoms with Crippen LogP contribution in [0.2, 0.25) is 0 Å². The summed E-state index contributed by atoms with van der Waals surface area (Å²) in [5, 5.41) is 0. The summed E-state index contributed by atoms with van der Waals surface area (Å²) >= 11 is -5.63. The summed E-state index contributed by atoms with van der Waals surface area (Å²) in [7, 11) is 0. The molecule has 0 nitrogen and oxygen atoms in total. The molecular formula is C3H3F3I-. The van der Waals surface area contributed by atoms with E-state index in [-0.39, 0.29) is 10.0 Å². The van der Waals surface area contributed by atoms with Crippen molar-refractivity contribution in [1.29, 1.82) is 0 Å². The molecule has 0 atom stereocenters. The second kappa shape index (κ2) is 1.37. The van der Waals surface area contributed by atoms with E-state index < -0.39 is 20.2 Å². The SMILES string of the molecule is F[I-](F)(F)C1=CC1. The molecule has 0 aromatic rings. The minimum atomic E-state index is -5.63. The van der Waals surface area contributed by atoms with E-state index in [4.69, 9.17) is 0 Å². The molecule has 0 amide bonds. The monoisotopic (exact) mass is 223 g/mol. The van der Waals surface area contributed by atoms with E-state index in [0.29, 0.717) is 0 Å². The molecular weight excluding hydrogens is 220 g/mol. The second-order valence-corrected chi connectivity index (χ2v) is 4.76. The standard InChI is InChI=1S/C3H3F3I/c4-7(5,6)3-1-2-3/h1H,2H2/q-1. The predicted octanol–water partition coefficient (Wildman–Crippen LogP) is -0.912. The maximum absolute atomic E-state index is 11.4. The summed E-state index contributed by atoms with van der Waals surface area (Å²) in [4.78, 5) is 0. The molecule has 1 rings (SSSR count). The van der Waals surface area contributed by atoms with Gasteiger partial charge in [-0.15, -0.1) is 0 Å². The van der Waals surface area contributed by atoms with Crippen molar-refractivity contribution < 1.29 is 28.7 Å². The van der Waals surface area contributed by atoms with Crippen LogP contribution in [-0.4, -0.2) is 0 Å². The van der Waals surface area contributed by atoms with E-state index in [9.17, 15) is 8.58 Å². The fraction of sp³-hybridized carbons (Fsp3) is 0.333. The van der Waals surface area contributed by atoms with Gasteiger partial charge in [0.15, 0.2) is 0 Å². The molecule has 0 unspecified atom stereocenters. The first-order chi connectivity index (χ1) is 3.11. The molecule has 0 saturated carbocycles. The van der Waals surface area contributed by atoms with Crippen molar-refractivity contribution in [2.75, 3.05) is 0 Å². The first-order valence-corrected chi connectivity index (χ1v) is 5.19. The average molecular weight is 223 g/mol. The van der Waals surface area contributed by atoms with Crippen molar-refractivity contribution in [3.8, 4) is 0 Å². The van der Waals surface area contributed by atoms with Crippen LogP contribution in [0.1, 0.15) is 6.42 Å². The molecule has 0 bridgehead atoms. The van der Waals surface area contributed by atoms with Gasteiger partial charge in [-0.1, -0.05) is 0 Å². The number of rotatable bonds is 1. The average Bonchev–Trinajstić information content (AvgIpc) is 1.99. The Hall–Kier alpha value is 0.260. The van der Waals surface area contributed by atoms with Gasteiger partial charge in [0.05, 0.1) is 0 Å². The first kappa shape index (κ1) is 5.40. The van der Waals surface area contributed by atoms with Crippen molar-refractivity contribution in [3.05, 3.63) is 9.66 Å². The number of hydrogen-bond donors (Lipinski definition) is 0. The molecule has 0 heterocycles. The van der Waals surface area contributed by atoms with Gasteiger partial charge in [-0.3, -0.25) is 0 Å². The fourth-order valence-corrected chi connectivity index (χ4v) is 1.43. The van der Waals surface area contributed by atoms with Crippen molar-refractivity contribution in [3.63, 3.8) is 0 Å². The maximum atomic E-state index is 11.4. The molecule has 0 aliphatic heterocycles. The van der Waals surface area contributed by atoms with E-state index in [1.165, 1.54) is 6.08 Å². The van der Waals surface area contributed by atoms with Crippen LogP contribution < -0.4 is 20.2 Å². The summed E-state index contributed by atoms with van der Waals surface area (Å²) in [6.45, 7) is 0. The van der Waals surface area contributed by atoms with Gasteiger partial charge in [-0.25, -0.2) is 0 Å². The van der Waals surface area contributed by atoms with Crippen LogP contribution in [0.4, 0.5) is 8.58 Å². The van der Waals surface area contributed by atoms with E-state index in [0.717, 1.165) is 0 Å². The summed E-state index contributed by atoms with van der Waals surface area (Å²) in [6.07, 6.45) is 1.47. The molecule has 4 heteroatoms. The van der Waals surface area contributed by atoms with Gasteiger partial charge in [0.25, 0.3) is 0 Å². The van der Waals surface area contributed by atoms with Crippen LogP contribution in [0.3, 0.4) is 0 Å². The Morgan fingerprint density at radius 1 is 1.43 bits per heavy atom. The predicted molar refractivity (Wildman–Crippen MR) is 16.0 cm³/mol. The number of halogens is 4. The molecule has 0 spiro atoms. The zero-order valence-corrected chi connectivity index (χ0v) is 5.45. The Kier molecular flexibility index (Phi) is 1.05. The topological polar surface area (TPSA) is 0 Å². The molecule has 1 aliphatic rings. The molecule has 7 heavy (non-hydrogen) atoms. The number of hydrogen-bond acceptors (Lipinski definition) is 0. The zero-order valence-electron chi connectivity index (χ0n) is 3.30. The van der Waals surface area contributed by atoms with E-state index in [1.807, 2.05) is 0 Å². The Balaban J connectivity index is 2.53. The van der Waals surface area contributed by atoms with E-state index in [1.54, 1.807) is 0 Å². The van der Waals surface area contributed by atoms with Gasteiger partial charge in [0.2, 0.25) is 0 Å². The first-order valence-electron chi connectivity index (χ1n) is 1.67. The van der Waals surface area contributed by atoms with Crippen molar-refractivity contribution in [1.82, 2.24) is 0 Å². The third kappa shape index (κ3) is 1.32. The Morgan fingerprint density at radius 2 is 1.86 bits per heavy atom. The minimum absolute atomic E-state index is 0.202. The molecule has 0 fully saturated rings. The van der Waals surface area contributed by atoms with Gasteiger partial charge >= 0.3 is 44.8 Å². The van der Waals surface area contributed by atoms with Crippen LogP contribution >= 0.6 is 0 Å². The Morgan fingerprint density at radius 3 is 1.86 bits per heavy atom. The molecule has 44 valence electrons. The fourth-order valence-electron chi connectivity index (χ4n) is 0.214. The van der Waals surface area contributed by atoms with Crippen LogP contribution in [-0.2, 0) is 0 Å². The Bertz CT molecular complexity index is 112. The quantitative estimate of drug-likeness (QED) is 0.505. The van der Waals surface area contributed by atoms with E-state index >= 15 is 0 Å². The van der Waals surface area contributed by atoms with Crippen molar-refractivity contribution in [2.24, 2.45) is 0 Å². The molecule has 0 saturated heterocycles. The third-order valence-electron chi connectivity index (χ3n) is 0.634. The molecule has 0 aromatic carbocycles. The van der Waals surface area contributed by atoms with Gasteiger partial charge in [0.1, 0.15) is 0 Å². The molecule has 0 N–H and O–H groups in total. The zero-order chi connectivity index (χ0) is 5.49. The van der Waals surface area contributed by atoms with Gasteiger partial charge in [-0.05, 0) is 0 Å². The number of allylic oxidation sites excluding steroid dienone is 2. The van der Waals surface area contributed by atoms with Crippen LogP contribution in [0, 0.1) is 0 Å². The Labute approximate surface area is 45.3 Å². The molecule has 0 radical (unpaired) electrons. The summed E-state index contributed by atoms with van der Waals surface area (Å²) in [5.41, 5.74) is 0. The van der Waals surface area contributed by atoms with Gasteiger partial charge in [0, 0.05) is 0 Å². The second-order valence-electron chi connectivity index (χ2n) is 1.23.